The highest BCUT2D eigenvalue weighted by molar-refractivity contribution is 5.77. The van der Waals surface area contributed by atoms with Crippen LogP contribution in [0.5, 0.6) is 0 Å². The van der Waals surface area contributed by atoms with Crippen LogP contribution in [0.1, 0.15) is 30.0 Å². The van der Waals surface area contributed by atoms with E-state index in [0.717, 1.165) is 25.8 Å². The SMILES string of the molecule is CC(O)CN(C)Cc1ccc2c(c1)CCC(C(N)=O)C2. The number of aryl methyl sites for hydroxylation is 1. The highest BCUT2D eigenvalue weighted by Gasteiger charge is 2.22. The van der Waals surface area contributed by atoms with Crippen LogP contribution in [-0.2, 0) is 24.2 Å². The van der Waals surface area contributed by atoms with E-state index in [0.29, 0.717) is 6.54 Å². The van der Waals surface area contributed by atoms with Crippen LogP contribution in [0.4, 0.5) is 0 Å². The molecule has 0 saturated heterocycles. The Morgan fingerprint density at radius 1 is 1.50 bits per heavy atom. The largest absolute Gasteiger partial charge is 0.392 e. The molecule has 0 spiro atoms. The van der Waals surface area contributed by atoms with Gasteiger partial charge in [0, 0.05) is 19.0 Å². The molecule has 0 radical (unpaired) electrons. The average molecular weight is 276 g/mol. The molecule has 20 heavy (non-hydrogen) atoms. The zero-order valence-electron chi connectivity index (χ0n) is 12.3. The third kappa shape index (κ3) is 3.81. The van der Waals surface area contributed by atoms with Crippen LogP contribution in [0.2, 0.25) is 0 Å². The normalized spacial score (nSPS) is 19.7. The smallest absolute Gasteiger partial charge is 0.220 e. The summed E-state index contributed by atoms with van der Waals surface area (Å²) in [5.74, 6) is -0.192. The standard InChI is InChI=1S/C16H24N2O2/c1-11(19)9-18(2)10-12-3-4-14-8-15(16(17)20)6-5-13(14)7-12/h3-4,7,11,15,19H,5-6,8-10H2,1-2H3,(H2,17,20). The number of benzene rings is 1. The van der Waals surface area contributed by atoms with E-state index in [1.54, 1.807) is 6.92 Å². The number of primary amides is 1. The number of aliphatic hydroxyl groups excluding tert-OH is 1. The van der Waals surface area contributed by atoms with E-state index in [4.69, 9.17) is 5.73 Å². The van der Waals surface area contributed by atoms with Gasteiger partial charge in [0.15, 0.2) is 0 Å². The second-order valence-corrected chi connectivity index (χ2v) is 5.99. The van der Waals surface area contributed by atoms with Crippen LogP contribution in [0.25, 0.3) is 0 Å². The molecular formula is C16H24N2O2. The summed E-state index contributed by atoms with van der Waals surface area (Å²) >= 11 is 0. The Morgan fingerprint density at radius 3 is 2.90 bits per heavy atom. The van der Waals surface area contributed by atoms with Gasteiger partial charge in [-0.3, -0.25) is 9.69 Å². The van der Waals surface area contributed by atoms with Gasteiger partial charge in [-0.1, -0.05) is 18.2 Å². The fourth-order valence-electron chi connectivity index (χ4n) is 2.98. The van der Waals surface area contributed by atoms with Gasteiger partial charge >= 0.3 is 0 Å². The summed E-state index contributed by atoms with van der Waals surface area (Å²) < 4.78 is 0. The highest BCUT2D eigenvalue weighted by Crippen LogP contribution is 2.26. The number of aliphatic hydroxyl groups is 1. The Balaban J connectivity index is 2.04. The molecule has 0 saturated carbocycles. The summed E-state index contributed by atoms with van der Waals surface area (Å²) in [7, 11) is 2.01. The van der Waals surface area contributed by atoms with Gasteiger partial charge in [0.1, 0.15) is 0 Å². The summed E-state index contributed by atoms with van der Waals surface area (Å²) in [5.41, 5.74) is 9.24. The first-order chi connectivity index (χ1) is 9.45. The second-order valence-electron chi connectivity index (χ2n) is 5.99. The second kappa shape index (κ2) is 6.37. The molecule has 1 aromatic rings. The van der Waals surface area contributed by atoms with E-state index in [2.05, 4.69) is 23.1 Å². The predicted octanol–water partition coefficient (Wildman–Crippen LogP) is 1.09. The maximum Gasteiger partial charge on any atom is 0.220 e. The van der Waals surface area contributed by atoms with Crippen molar-refractivity contribution in [1.82, 2.24) is 4.90 Å². The van der Waals surface area contributed by atoms with Gasteiger partial charge in [-0.15, -0.1) is 0 Å². The lowest BCUT2D eigenvalue weighted by Gasteiger charge is -2.24. The van der Waals surface area contributed by atoms with E-state index in [1.165, 1.54) is 16.7 Å². The minimum Gasteiger partial charge on any atom is -0.392 e. The fourth-order valence-corrected chi connectivity index (χ4v) is 2.98. The number of nitrogens with zero attached hydrogens (tertiary/aromatic N) is 1. The third-order valence-corrected chi connectivity index (χ3v) is 3.93. The number of hydrogen-bond donors (Lipinski definition) is 2. The number of amides is 1. The van der Waals surface area contributed by atoms with E-state index < -0.39 is 0 Å². The molecule has 0 aliphatic heterocycles. The van der Waals surface area contributed by atoms with Crippen LogP contribution in [0.15, 0.2) is 18.2 Å². The molecule has 1 aliphatic carbocycles. The van der Waals surface area contributed by atoms with Gasteiger partial charge in [0.25, 0.3) is 0 Å². The number of carbonyl (C=O) groups is 1. The van der Waals surface area contributed by atoms with E-state index in [9.17, 15) is 9.90 Å². The van der Waals surface area contributed by atoms with Crippen molar-refractivity contribution in [2.75, 3.05) is 13.6 Å². The lowest BCUT2D eigenvalue weighted by atomic mass is 9.83. The minimum absolute atomic E-state index is 0.00809. The van der Waals surface area contributed by atoms with Crippen LogP contribution in [0, 0.1) is 5.92 Å². The number of hydrogen-bond acceptors (Lipinski definition) is 3. The molecule has 4 nitrogen and oxygen atoms in total. The Morgan fingerprint density at radius 2 is 2.25 bits per heavy atom. The van der Waals surface area contributed by atoms with Gasteiger partial charge in [0.05, 0.1) is 6.10 Å². The van der Waals surface area contributed by atoms with E-state index in [1.807, 2.05) is 7.05 Å². The van der Waals surface area contributed by atoms with Crippen molar-refractivity contribution >= 4 is 5.91 Å². The summed E-state index contributed by atoms with van der Waals surface area (Å²) in [6.07, 6.45) is 2.25. The Hall–Kier alpha value is -1.39. The van der Waals surface area contributed by atoms with Gasteiger partial charge in [-0.25, -0.2) is 0 Å². The molecule has 1 aliphatic rings. The monoisotopic (exact) mass is 276 g/mol. The van der Waals surface area contributed by atoms with Crippen molar-refractivity contribution in [2.24, 2.45) is 11.7 Å². The van der Waals surface area contributed by atoms with Crippen molar-refractivity contribution in [1.29, 1.82) is 0 Å². The lowest BCUT2D eigenvalue weighted by Crippen LogP contribution is -2.29. The van der Waals surface area contributed by atoms with Gasteiger partial charge in [-0.2, -0.15) is 0 Å². The van der Waals surface area contributed by atoms with Gasteiger partial charge < -0.3 is 10.8 Å². The van der Waals surface area contributed by atoms with Crippen molar-refractivity contribution in [3.63, 3.8) is 0 Å². The summed E-state index contributed by atoms with van der Waals surface area (Å²) in [4.78, 5) is 13.4. The first kappa shape index (κ1) is 15.0. The summed E-state index contributed by atoms with van der Waals surface area (Å²) in [5, 5.41) is 9.39. The minimum atomic E-state index is -0.311. The van der Waals surface area contributed by atoms with Crippen molar-refractivity contribution in [3.8, 4) is 0 Å². The van der Waals surface area contributed by atoms with Crippen LogP contribution < -0.4 is 5.73 Å². The third-order valence-electron chi connectivity index (χ3n) is 3.93. The van der Waals surface area contributed by atoms with Crippen molar-refractivity contribution in [3.05, 3.63) is 34.9 Å². The summed E-state index contributed by atoms with van der Waals surface area (Å²) in [6, 6.07) is 6.46. The fraction of sp³-hybridized carbons (Fsp3) is 0.562. The van der Waals surface area contributed by atoms with Crippen LogP contribution >= 0.6 is 0 Å². The van der Waals surface area contributed by atoms with Crippen molar-refractivity contribution in [2.45, 2.75) is 38.8 Å². The lowest BCUT2D eigenvalue weighted by molar-refractivity contribution is -0.122. The van der Waals surface area contributed by atoms with Crippen molar-refractivity contribution < 1.29 is 9.90 Å². The number of nitrogens with two attached hydrogens (primary N) is 1. The maximum absolute atomic E-state index is 11.3. The van der Waals surface area contributed by atoms with Crippen LogP contribution in [-0.4, -0.2) is 35.6 Å². The molecule has 0 heterocycles. The predicted molar refractivity (Wildman–Crippen MR) is 79.2 cm³/mol. The number of carbonyl (C=O) groups excluding carboxylic acids is 1. The number of likely N-dealkylation sites (N-methyl/N-ethyl adjacent to an activating group) is 1. The molecule has 2 unspecified atom stereocenters. The number of fused-ring (bicyclic) bond motifs is 1. The Bertz CT molecular complexity index is 485. The Kier molecular flexibility index (Phi) is 4.78. The van der Waals surface area contributed by atoms with Gasteiger partial charge in [0.2, 0.25) is 5.91 Å². The average Bonchev–Trinajstić information content (AvgIpc) is 2.36. The van der Waals surface area contributed by atoms with E-state index in [-0.39, 0.29) is 17.9 Å². The maximum atomic E-state index is 11.3. The molecular weight excluding hydrogens is 252 g/mol. The highest BCUT2D eigenvalue weighted by atomic mass is 16.3. The molecule has 0 bridgehead atoms. The molecule has 4 heteroatoms. The first-order valence-electron chi connectivity index (χ1n) is 7.22. The topological polar surface area (TPSA) is 66.6 Å². The zero-order valence-corrected chi connectivity index (χ0v) is 12.3. The Labute approximate surface area is 120 Å². The summed E-state index contributed by atoms with van der Waals surface area (Å²) in [6.45, 7) is 3.30. The quantitative estimate of drug-likeness (QED) is 0.846. The molecule has 2 atom stereocenters. The molecule has 2 rings (SSSR count). The zero-order chi connectivity index (χ0) is 14.7. The molecule has 1 aromatic carbocycles. The first-order valence-corrected chi connectivity index (χ1v) is 7.22. The molecule has 1 amide bonds. The van der Waals surface area contributed by atoms with Gasteiger partial charge in [-0.05, 0) is 49.9 Å². The molecule has 110 valence electrons. The number of rotatable bonds is 5. The molecule has 0 fully saturated rings. The molecule has 0 aromatic heterocycles. The molecule has 3 N–H and O–H groups in total. The van der Waals surface area contributed by atoms with E-state index >= 15 is 0 Å². The van der Waals surface area contributed by atoms with Crippen LogP contribution in [0.3, 0.4) is 0 Å².